The van der Waals surface area contributed by atoms with Crippen LogP contribution in [0.1, 0.15) is 53.1 Å². The number of hydrogen-bond donors (Lipinski definition) is 1. The number of alkyl halides is 2. The minimum atomic E-state index is -3.15. The summed E-state index contributed by atoms with van der Waals surface area (Å²) in [7, 11) is 0. The lowest BCUT2D eigenvalue weighted by Gasteiger charge is -2.21. The Hall–Kier alpha value is -3.01. The Morgan fingerprint density at radius 2 is 1.57 bits per heavy atom. The maximum atomic E-state index is 14.5. The molecule has 0 unspecified atom stereocenters. The highest BCUT2D eigenvalue weighted by Crippen LogP contribution is 2.43. The molecule has 0 saturated heterocycles. The first kappa shape index (κ1) is 20.3. The van der Waals surface area contributed by atoms with Gasteiger partial charge in [-0.15, -0.1) is 0 Å². The lowest BCUT2D eigenvalue weighted by Crippen LogP contribution is -2.12. The van der Waals surface area contributed by atoms with Crippen LogP contribution < -0.4 is 5.73 Å². The predicted octanol–water partition coefficient (Wildman–Crippen LogP) is 7.12. The monoisotopic (exact) mass is 407 g/mol. The SMILES string of the molecule is Cc1ccc(C2=C(c3ccc(F)cc3C(C)(F)F)CCCc3cc(N)ccc32)cc1. The van der Waals surface area contributed by atoms with E-state index in [4.69, 9.17) is 5.73 Å². The summed E-state index contributed by atoms with van der Waals surface area (Å²) in [6.45, 7) is 2.83. The number of hydrogen-bond acceptors (Lipinski definition) is 1. The standard InChI is InChI=1S/C26H24F3N/c1-16-6-8-17(9-7-16)25-21-13-11-20(30)14-18(21)4-3-5-23(25)22-12-10-19(27)15-24(22)26(2,28)29/h6-15H,3-5,30H2,1-2H3. The smallest absolute Gasteiger partial charge is 0.271 e. The van der Waals surface area contributed by atoms with E-state index in [0.717, 1.165) is 59.2 Å². The fraction of sp³-hybridized carbons (Fsp3) is 0.231. The van der Waals surface area contributed by atoms with Crippen molar-refractivity contribution < 1.29 is 13.2 Å². The van der Waals surface area contributed by atoms with Gasteiger partial charge in [-0.2, -0.15) is 0 Å². The molecule has 0 aromatic heterocycles. The normalized spacial score (nSPS) is 14.4. The van der Waals surface area contributed by atoms with E-state index in [2.05, 4.69) is 0 Å². The van der Waals surface area contributed by atoms with Crippen LogP contribution in [0, 0.1) is 12.7 Å². The van der Waals surface area contributed by atoms with Crippen LogP contribution in [0.2, 0.25) is 0 Å². The Bertz CT molecular complexity index is 1120. The molecule has 0 amide bonds. The molecule has 154 valence electrons. The van der Waals surface area contributed by atoms with Crippen molar-refractivity contribution in [2.24, 2.45) is 0 Å². The van der Waals surface area contributed by atoms with Gasteiger partial charge in [-0.3, -0.25) is 0 Å². The summed E-state index contributed by atoms with van der Waals surface area (Å²) in [5.74, 6) is -3.81. The number of halogens is 3. The van der Waals surface area contributed by atoms with Crippen molar-refractivity contribution >= 4 is 16.8 Å². The molecule has 0 saturated carbocycles. The van der Waals surface area contributed by atoms with E-state index < -0.39 is 11.7 Å². The Morgan fingerprint density at radius 1 is 0.867 bits per heavy atom. The van der Waals surface area contributed by atoms with Crippen LogP contribution in [0.4, 0.5) is 18.9 Å². The summed E-state index contributed by atoms with van der Waals surface area (Å²) in [6.07, 6.45) is 2.22. The molecule has 0 heterocycles. The first-order chi connectivity index (χ1) is 14.2. The second-order valence-electron chi connectivity index (χ2n) is 8.07. The third-order valence-corrected chi connectivity index (χ3v) is 5.69. The van der Waals surface area contributed by atoms with Crippen molar-refractivity contribution in [2.45, 2.75) is 39.0 Å². The van der Waals surface area contributed by atoms with Gasteiger partial charge in [0.2, 0.25) is 0 Å². The van der Waals surface area contributed by atoms with Gasteiger partial charge in [0, 0.05) is 18.2 Å². The summed E-state index contributed by atoms with van der Waals surface area (Å²) in [5, 5.41) is 0. The van der Waals surface area contributed by atoms with Gasteiger partial charge in [0.25, 0.3) is 5.92 Å². The quantitative estimate of drug-likeness (QED) is 0.460. The van der Waals surface area contributed by atoms with E-state index >= 15 is 0 Å². The Balaban J connectivity index is 2.07. The van der Waals surface area contributed by atoms with Gasteiger partial charge >= 0.3 is 0 Å². The van der Waals surface area contributed by atoms with Gasteiger partial charge < -0.3 is 5.73 Å². The van der Waals surface area contributed by atoms with E-state index in [0.29, 0.717) is 17.7 Å². The van der Waals surface area contributed by atoms with E-state index in [-0.39, 0.29) is 5.56 Å². The maximum absolute atomic E-state index is 14.5. The molecule has 1 aliphatic rings. The molecule has 0 spiro atoms. The molecule has 0 aliphatic heterocycles. The molecule has 4 heteroatoms. The second-order valence-corrected chi connectivity index (χ2v) is 8.07. The summed E-state index contributed by atoms with van der Waals surface area (Å²) >= 11 is 0. The summed E-state index contributed by atoms with van der Waals surface area (Å²) in [4.78, 5) is 0. The zero-order valence-corrected chi connectivity index (χ0v) is 17.1. The first-order valence-electron chi connectivity index (χ1n) is 10.1. The molecule has 0 radical (unpaired) electrons. The number of allylic oxidation sites excluding steroid dienone is 1. The average molecular weight is 407 g/mol. The zero-order valence-electron chi connectivity index (χ0n) is 17.1. The Morgan fingerprint density at radius 3 is 2.27 bits per heavy atom. The number of aryl methyl sites for hydroxylation is 2. The van der Waals surface area contributed by atoms with Gasteiger partial charge in [0.05, 0.1) is 0 Å². The Kier molecular flexibility index (Phi) is 5.19. The van der Waals surface area contributed by atoms with Crippen molar-refractivity contribution in [2.75, 3.05) is 5.73 Å². The topological polar surface area (TPSA) is 26.0 Å². The molecule has 2 N–H and O–H groups in total. The van der Waals surface area contributed by atoms with Crippen LogP contribution in [0.3, 0.4) is 0 Å². The van der Waals surface area contributed by atoms with Crippen LogP contribution in [0.25, 0.3) is 11.1 Å². The molecular weight excluding hydrogens is 383 g/mol. The van der Waals surface area contributed by atoms with Crippen molar-refractivity contribution in [3.63, 3.8) is 0 Å². The molecule has 1 aliphatic carbocycles. The van der Waals surface area contributed by atoms with E-state index in [9.17, 15) is 13.2 Å². The highest BCUT2D eigenvalue weighted by Gasteiger charge is 2.31. The molecule has 3 aromatic rings. The van der Waals surface area contributed by atoms with Crippen molar-refractivity contribution in [1.82, 2.24) is 0 Å². The number of nitrogens with two attached hydrogens (primary N) is 1. The highest BCUT2D eigenvalue weighted by atomic mass is 19.3. The van der Waals surface area contributed by atoms with Gasteiger partial charge in [-0.25, -0.2) is 13.2 Å². The molecular formula is C26H24F3N. The maximum Gasteiger partial charge on any atom is 0.271 e. The van der Waals surface area contributed by atoms with Gasteiger partial charge in [-0.1, -0.05) is 42.0 Å². The van der Waals surface area contributed by atoms with Crippen LogP contribution >= 0.6 is 0 Å². The fourth-order valence-corrected chi connectivity index (χ4v) is 4.27. The molecule has 0 bridgehead atoms. The number of rotatable bonds is 3. The van der Waals surface area contributed by atoms with Crippen LogP contribution in [-0.4, -0.2) is 0 Å². The average Bonchev–Trinajstić information content (AvgIpc) is 2.87. The largest absolute Gasteiger partial charge is 0.399 e. The minimum Gasteiger partial charge on any atom is -0.399 e. The lowest BCUT2D eigenvalue weighted by molar-refractivity contribution is 0.0168. The van der Waals surface area contributed by atoms with Crippen molar-refractivity contribution in [1.29, 1.82) is 0 Å². The molecule has 30 heavy (non-hydrogen) atoms. The number of fused-ring (bicyclic) bond motifs is 1. The van der Waals surface area contributed by atoms with Crippen LogP contribution in [-0.2, 0) is 12.3 Å². The molecule has 3 aromatic carbocycles. The summed E-state index contributed by atoms with van der Waals surface area (Å²) in [6, 6.07) is 17.6. The van der Waals surface area contributed by atoms with Crippen molar-refractivity contribution in [3.05, 3.63) is 99.9 Å². The molecule has 1 nitrogen and oxygen atoms in total. The minimum absolute atomic E-state index is 0.277. The second kappa shape index (κ2) is 7.67. The fourth-order valence-electron chi connectivity index (χ4n) is 4.27. The van der Waals surface area contributed by atoms with Crippen LogP contribution in [0.5, 0.6) is 0 Å². The van der Waals surface area contributed by atoms with Gasteiger partial charge in [0.15, 0.2) is 0 Å². The molecule has 0 fully saturated rings. The third-order valence-electron chi connectivity index (χ3n) is 5.69. The van der Waals surface area contributed by atoms with Crippen molar-refractivity contribution in [3.8, 4) is 0 Å². The summed E-state index contributed by atoms with van der Waals surface area (Å²) < 4.78 is 42.9. The Labute approximate surface area is 175 Å². The third kappa shape index (κ3) is 3.87. The number of nitrogen functional groups attached to an aromatic ring is 1. The predicted molar refractivity (Wildman–Crippen MR) is 117 cm³/mol. The molecule has 4 rings (SSSR count). The first-order valence-corrected chi connectivity index (χ1v) is 10.1. The molecule has 0 atom stereocenters. The number of benzene rings is 3. The van der Waals surface area contributed by atoms with Crippen LogP contribution in [0.15, 0.2) is 60.7 Å². The number of anilines is 1. The highest BCUT2D eigenvalue weighted by molar-refractivity contribution is 6.00. The zero-order chi connectivity index (χ0) is 21.5. The van der Waals surface area contributed by atoms with Gasteiger partial charge in [0.1, 0.15) is 5.82 Å². The lowest BCUT2D eigenvalue weighted by atomic mass is 9.85. The van der Waals surface area contributed by atoms with Gasteiger partial charge in [-0.05, 0) is 83.9 Å². The van der Waals surface area contributed by atoms with E-state index in [1.54, 1.807) is 0 Å². The summed E-state index contributed by atoms with van der Waals surface area (Å²) in [5.41, 5.74) is 12.7. The van der Waals surface area contributed by atoms with E-state index in [1.807, 2.05) is 49.4 Å². The van der Waals surface area contributed by atoms with E-state index in [1.165, 1.54) is 12.1 Å².